The van der Waals surface area contributed by atoms with Crippen molar-refractivity contribution in [3.05, 3.63) is 41.6 Å². The van der Waals surface area contributed by atoms with Crippen molar-refractivity contribution in [2.45, 2.75) is 37.8 Å². The number of amides is 2. The number of benzene rings is 1. The molecule has 1 saturated heterocycles. The lowest BCUT2D eigenvalue weighted by molar-refractivity contribution is 0.0521. The summed E-state index contributed by atoms with van der Waals surface area (Å²) in [7, 11) is 0. The minimum absolute atomic E-state index is 0.00922. The smallest absolute Gasteiger partial charge is 0.317 e. The fourth-order valence-electron chi connectivity index (χ4n) is 4.32. The van der Waals surface area contributed by atoms with Gasteiger partial charge in [-0.15, -0.1) is 0 Å². The predicted octanol–water partition coefficient (Wildman–Crippen LogP) is 3.72. The molecule has 184 valence electrons. The lowest BCUT2D eigenvalue weighted by atomic mass is 9.91. The average molecular weight is 501 g/mol. The number of carbonyl (C=O) groups excluding carboxylic acids is 1. The van der Waals surface area contributed by atoms with Gasteiger partial charge in [0.25, 0.3) is 0 Å². The third-order valence-corrected chi connectivity index (χ3v) is 6.54. The van der Waals surface area contributed by atoms with Crippen LogP contribution in [0.3, 0.4) is 0 Å². The molecule has 1 aliphatic carbocycles. The second-order valence-corrected chi connectivity index (χ2v) is 9.05. The van der Waals surface area contributed by atoms with Gasteiger partial charge in [0, 0.05) is 30.9 Å². The number of anilines is 3. The molecular formula is C23H26ClFN8O2. The molecule has 1 saturated carbocycles. The van der Waals surface area contributed by atoms with Crippen LogP contribution >= 0.6 is 11.6 Å². The van der Waals surface area contributed by atoms with Gasteiger partial charge in [0.2, 0.25) is 5.95 Å². The van der Waals surface area contributed by atoms with Crippen LogP contribution in [0.1, 0.15) is 25.7 Å². The quantitative estimate of drug-likeness (QED) is 0.485. The van der Waals surface area contributed by atoms with Crippen LogP contribution in [0.5, 0.6) is 0 Å². The molecule has 1 aliphatic heterocycles. The maximum atomic E-state index is 13.5. The van der Waals surface area contributed by atoms with Crippen LogP contribution in [0.25, 0.3) is 11.0 Å². The van der Waals surface area contributed by atoms with Crippen LogP contribution in [0.4, 0.5) is 26.6 Å². The molecule has 0 spiro atoms. The number of carbonyl (C=O) groups is 1. The van der Waals surface area contributed by atoms with Crippen LogP contribution < -0.4 is 16.0 Å². The van der Waals surface area contributed by atoms with Gasteiger partial charge in [-0.25, -0.2) is 29.1 Å². The van der Waals surface area contributed by atoms with E-state index in [0.717, 1.165) is 25.7 Å². The van der Waals surface area contributed by atoms with E-state index in [4.69, 9.17) is 16.3 Å². The van der Waals surface area contributed by atoms with Crippen LogP contribution in [-0.4, -0.2) is 69.3 Å². The molecule has 0 atom stereocenters. The number of aromatic nitrogens is 4. The lowest BCUT2D eigenvalue weighted by Gasteiger charge is -2.33. The molecule has 0 bridgehead atoms. The average Bonchev–Trinajstić information content (AvgIpc) is 2.88. The molecule has 2 fully saturated rings. The Morgan fingerprint density at radius 3 is 2.63 bits per heavy atom. The number of rotatable bonds is 5. The van der Waals surface area contributed by atoms with Crippen LogP contribution in [0, 0.1) is 5.82 Å². The summed E-state index contributed by atoms with van der Waals surface area (Å²) in [4.78, 5) is 31.8. The summed E-state index contributed by atoms with van der Waals surface area (Å²) in [6, 6.07) is 4.70. The standard InChI is InChI=1S/C23H26ClFN8O2/c24-17-11-16(5-6-18(17)25)29-21-20-19(27-13-28-21)12-26-22(32-20)30-14-1-3-15(4-2-14)31-23(34)33-7-9-35-10-8-33/h5-6,11-15H,1-4,7-10H2,(H,31,34)(H,26,30,32)(H,27,28,29). The van der Waals surface area contributed by atoms with Crippen molar-refractivity contribution in [1.82, 2.24) is 30.2 Å². The van der Waals surface area contributed by atoms with E-state index in [-0.39, 0.29) is 23.1 Å². The number of hydrogen-bond acceptors (Lipinski definition) is 8. The van der Waals surface area contributed by atoms with Gasteiger partial charge in [0.15, 0.2) is 5.82 Å². The second kappa shape index (κ2) is 10.5. The Hall–Kier alpha value is -3.31. The van der Waals surface area contributed by atoms with E-state index in [1.807, 2.05) is 4.90 Å². The Kier molecular flexibility index (Phi) is 7.05. The molecule has 0 unspecified atom stereocenters. The van der Waals surface area contributed by atoms with Crippen molar-refractivity contribution in [2.24, 2.45) is 0 Å². The summed E-state index contributed by atoms with van der Waals surface area (Å²) in [6.07, 6.45) is 6.59. The minimum atomic E-state index is -0.492. The zero-order chi connectivity index (χ0) is 24.2. The highest BCUT2D eigenvalue weighted by Crippen LogP contribution is 2.26. The Morgan fingerprint density at radius 2 is 1.86 bits per heavy atom. The summed E-state index contributed by atoms with van der Waals surface area (Å²) < 4.78 is 18.8. The van der Waals surface area contributed by atoms with E-state index < -0.39 is 5.82 Å². The molecule has 0 radical (unpaired) electrons. The lowest BCUT2D eigenvalue weighted by Crippen LogP contribution is -2.50. The third-order valence-electron chi connectivity index (χ3n) is 6.25. The zero-order valence-electron chi connectivity index (χ0n) is 19.0. The SMILES string of the molecule is O=C(NC1CCC(Nc2ncc3ncnc(Nc4ccc(F)c(Cl)c4)c3n2)CC1)N1CCOCC1. The van der Waals surface area contributed by atoms with Gasteiger partial charge < -0.3 is 25.6 Å². The van der Waals surface area contributed by atoms with E-state index in [2.05, 4.69) is 35.9 Å². The molecule has 3 aromatic rings. The topological polar surface area (TPSA) is 117 Å². The summed E-state index contributed by atoms with van der Waals surface area (Å²) >= 11 is 5.90. The van der Waals surface area contributed by atoms with Crippen LogP contribution in [-0.2, 0) is 4.74 Å². The molecular weight excluding hydrogens is 475 g/mol. The van der Waals surface area contributed by atoms with Crippen LogP contribution in [0.15, 0.2) is 30.7 Å². The first kappa shape index (κ1) is 23.4. The third kappa shape index (κ3) is 5.68. The Bertz CT molecular complexity index is 1200. The molecule has 10 nitrogen and oxygen atoms in total. The molecule has 2 aliphatic rings. The Morgan fingerprint density at radius 1 is 1.09 bits per heavy atom. The second-order valence-electron chi connectivity index (χ2n) is 8.65. The minimum Gasteiger partial charge on any atom is -0.378 e. The number of halogens is 2. The highest BCUT2D eigenvalue weighted by Gasteiger charge is 2.25. The Balaban J connectivity index is 1.21. The van der Waals surface area contributed by atoms with Crippen LogP contribution in [0.2, 0.25) is 5.02 Å². The van der Waals surface area contributed by atoms with E-state index in [1.165, 1.54) is 18.5 Å². The molecule has 2 amide bonds. The van der Waals surface area contributed by atoms with Gasteiger partial charge in [-0.2, -0.15) is 0 Å². The summed E-state index contributed by atoms with van der Waals surface area (Å²) in [6.45, 7) is 2.46. The van der Waals surface area contributed by atoms with E-state index in [1.54, 1.807) is 12.3 Å². The highest BCUT2D eigenvalue weighted by molar-refractivity contribution is 6.31. The summed E-state index contributed by atoms with van der Waals surface area (Å²) in [5.74, 6) is 0.458. The normalized spacial score (nSPS) is 20.5. The number of nitrogens with one attached hydrogen (secondary N) is 3. The zero-order valence-corrected chi connectivity index (χ0v) is 19.8. The molecule has 3 heterocycles. The summed E-state index contributed by atoms with van der Waals surface area (Å²) in [5, 5.41) is 9.69. The number of nitrogens with zero attached hydrogens (tertiary/aromatic N) is 5. The van der Waals surface area contributed by atoms with Gasteiger partial charge in [0.1, 0.15) is 23.2 Å². The van der Waals surface area contributed by atoms with Gasteiger partial charge >= 0.3 is 6.03 Å². The number of hydrogen-bond donors (Lipinski definition) is 3. The van der Waals surface area contributed by atoms with Gasteiger partial charge in [-0.05, 0) is 43.9 Å². The van der Waals surface area contributed by atoms with Crippen molar-refractivity contribution in [3.8, 4) is 0 Å². The van der Waals surface area contributed by atoms with Crippen molar-refractivity contribution in [1.29, 1.82) is 0 Å². The van der Waals surface area contributed by atoms with E-state index in [9.17, 15) is 9.18 Å². The molecule has 2 aromatic heterocycles. The number of morpholine rings is 1. The monoisotopic (exact) mass is 500 g/mol. The number of urea groups is 1. The van der Waals surface area contributed by atoms with E-state index in [0.29, 0.717) is 54.8 Å². The molecule has 12 heteroatoms. The number of ether oxygens (including phenoxy) is 1. The van der Waals surface area contributed by atoms with Crippen molar-refractivity contribution in [2.75, 3.05) is 36.9 Å². The molecule has 1 aromatic carbocycles. The maximum absolute atomic E-state index is 13.5. The molecule has 5 rings (SSSR count). The van der Waals surface area contributed by atoms with Crippen molar-refractivity contribution in [3.63, 3.8) is 0 Å². The van der Waals surface area contributed by atoms with Gasteiger partial charge in [-0.1, -0.05) is 11.6 Å². The van der Waals surface area contributed by atoms with Crippen molar-refractivity contribution < 1.29 is 13.9 Å². The number of fused-ring (bicyclic) bond motifs is 1. The molecule has 35 heavy (non-hydrogen) atoms. The molecule has 3 N–H and O–H groups in total. The van der Waals surface area contributed by atoms with Crippen molar-refractivity contribution >= 4 is 46.1 Å². The fraction of sp³-hybridized carbons (Fsp3) is 0.435. The Labute approximate surface area is 206 Å². The van der Waals surface area contributed by atoms with E-state index >= 15 is 0 Å². The van der Waals surface area contributed by atoms with Gasteiger partial charge in [0.05, 0.1) is 24.4 Å². The first-order chi connectivity index (χ1) is 17.0. The van der Waals surface area contributed by atoms with Gasteiger partial charge in [-0.3, -0.25) is 0 Å². The first-order valence-corrected chi connectivity index (χ1v) is 12.0. The maximum Gasteiger partial charge on any atom is 0.317 e. The summed E-state index contributed by atoms with van der Waals surface area (Å²) in [5.41, 5.74) is 1.70. The predicted molar refractivity (Wildman–Crippen MR) is 130 cm³/mol. The highest BCUT2D eigenvalue weighted by atomic mass is 35.5. The largest absolute Gasteiger partial charge is 0.378 e. The first-order valence-electron chi connectivity index (χ1n) is 11.6. The fourth-order valence-corrected chi connectivity index (χ4v) is 4.50.